The summed E-state index contributed by atoms with van der Waals surface area (Å²) in [4.78, 5) is 16.4. The molecule has 1 aliphatic heterocycles. The maximum atomic E-state index is 13.3. The Kier molecular flexibility index (Phi) is 3.91. The maximum absolute atomic E-state index is 13.3. The summed E-state index contributed by atoms with van der Waals surface area (Å²) in [7, 11) is 1.40. The molecule has 0 radical (unpaired) electrons. The fourth-order valence-corrected chi connectivity index (χ4v) is 3.46. The fourth-order valence-electron chi connectivity index (χ4n) is 3.46. The van der Waals surface area contributed by atoms with E-state index in [2.05, 4.69) is 10.1 Å². The van der Waals surface area contributed by atoms with Crippen LogP contribution >= 0.6 is 0 Å². The Morgan fingerprint density at radius 3 is 2.92 bits per heavy atom. The number of aromatic amines is 1. The molecule has 0 unspecified atom stereocenters. The van der Waals surface area contributed by atoms with Crippen molar-refractivity contribution in [2.45, 2.75) is 18.9 Å². The number of nitrogens with one attached hydrogen (secondary N) is 1. The Hall–Kier alpha value is -2.83. The number of halogens is 1. The second-order valence-corrected chi connectivity index (χ2v) is 6.29. The highest BCUT2D eigenvalue weighted by atomic mass is 19.1. The molecule has 6 nitrogen and oxygen atoms in total. The van der Waals surface area contributed by atoms with Gasteiger partial charge in [-0.1, -0.05) is 0 Å². The van der Waals surface area contributed by atoms with Gasteiger partial charge in [0.25, 0.3) is 0 Å². The van der Waals surface area contributed by atoms with Crippen LogP contribution in [0.3, 0.4) is 0 Å². The van der Waals surface area contributed by atoms with Crippen LogP contribution in [0.5, 0.6) is 0 Å². The maximum Gasteiger partial charge on any atom is 0.409 e. The van der Waals surface area contributed by atoms with Crippen LogP contribution in [0.4, 0.5) is 9.18 Å². The lowest BCUT2D eigenvalue weighted by atomic mass is 10.1. The van der Waals surface area contributed by atoms with Crippen LogP contribution in [0.1, 0.15) is 18.9 Å². The first-order chi connectivity index (χ1) is 12.2. The molecule has 1 fully saturated rings. The third-order valence-corrected chi connectivity index (χ3v) is 4.83. The standard InChI is InChI=1S/C18H19FN4O2/c1-25-18(24)22-6-4-14(5-7-22)23-11-12(9-21-23)16-10-20-17-8-13(19)2-3-15(16)17/h2-3,8-11,14,20H,4-7H2,1H3. The van der Waals surface area contributed by atoms with Crippen molar-refractivity contribution in [3.63, 3.8) is 0 Å². The number of ether oxygens (including phenoxy) is 1. The molecule has 130 valence electrons. The number of piperidine rings is 1. The number of carbonyl (C=O) groups excluding carboxylic acids is 1. The van der Waals surface area contributed by atoms with Gasteiger partial charge in [-0.2, -0.15) is 5.10 Å². The molecule has 3 heterocycles. The number of nitrogens with zero attached hydrogens (tertiary/aromatic N) is 3. The monoisotopic (exact) mass is 342 g/mol. The van der Waals surface area contributed by atoms with Crippen molar-refractivity contribution in [1.82, 2.24) is 19.7 Å². The molecule has 0 bridgehead atoms. The van der Waals surface area contributed by atoms with Gasteiger partial charge < -0.3 is 14.6 Å². The zero-order valence-corrected chi connectivity index (χ0v) is 13.9. The van der Waals surface area contributed by atoms with Gasteiger partial charge in [0.2, 0.25) is 0 Å². The van der Waals surface area contributed by atoms with Crippen molar-refractivity contribution in [1.29, 1.82) is 0 Å². The molecular formula is C18H19FN4O2. The second kappa shape index (κ2) is 6.23. The Morgan fingerprint density at radius 1 is 1.36 bits per heavy atom. The topological polar surface area (TPSA) is 63.1 Å². The lowest BCUT2D eigenvalue weighted by molar-refractivity contribution is 0.105. The third kappa shape index (κ3) is 2.86. The average Bonchev–Trinajstić information content (AvgIpc) is 3.27. The zero-order valence-electron chi connectivity index (χ0n) is 13.9. The number of amides is 1. The highest BCUT2D eigenvalue weighted by Gasteiger charge is 2.25. The number of fused-ring (bicyclic) bond motifs is 1. The first kappa shape index (κ1) is 15.7. The molecule has 1 aliphatic rings. The summed E-state index contributed by atoms with van der Waals surface area (Å²) in [6, 6.07) is 5.00. The summed E-state index contributed by atoms with van der Waals surface area (Å²) in [6.45, 7) is 1.33. The molecule has 1 N–H and O–H groups in total. The zero-order chi connectivity index (χ0) is 17.4. The summed E-state index contributed by atoms with van der Waals surface area (Å²) >= 11 is 0. The molecule has 0 aliphatic carbocycles. The third-order valence-electron chi connectivity index (χ3n) is 4.83. The largest absolute Gasteiger partial charge is 0.453 e. The molecule has 1 aromatic carbocycles. The highest BCUT2D eigenvalue weighted by molar-refractivity contribution is 5.95. The Labute approximate surface area is 144 Å². The van der Waals surface area contributed by atoms with Crippen LogP contribution in [0, 0.1) is 5.82 Å². The predicted octanol–water partition coefficient (Wildman–Crippen LogP) is 3.57. The minimum Gasteiger partial charge on any atom is -0.453 e. The number of hydrogen-bond acceptors (Lipinski definition) is 3. The fraction of sp³-hybridized carbons (Fsp3) is 0.333. The van der Waals surface area contributed by atoms with E-state index in [0.29, 0.717) is 13.1 Å². The van der Waals surface area contributed by atoms with Crippen molar-refractivity contribution in [3.05, 3.63) is 42.6 Å². The molecule has 3 aromatic rings. The van der Waals surface area contributed by atoms with Crippen molar-refractivity contribution < 1.29 is 13.9 Å². The lowest BCUT2D eigenvalue weighted by Crippen LogP contribution is -2.39. The number of methoxy groups -OCH3 is 1. The second-order valence-electron chi connectivity index (χ2n) is 6.29. The van der Waals surface area contributed by atoms with Gasteiger partial charge in [-0.3, -0.25) is 4.68 Å². The molecule has 4 rings (SSSR count). The Bertz CT molecular complexity index is 909. The van der Waals surface area contributed by atoms with E-state index >= 15 is 0 Å². The number of carbonyl (C=O) groups is 1. The number of H-pyrrole nitrogens is 1. The van der Waals surface area contributed by atoms with Crippen molar-refractivity contribution in [3.8, 4) is 11.1 Å². The summed E-state index contributed by atoms with van der Waals surface area (Å²) in [6.07, 6.45) is 7.14. The molecule has 1 amide bonds. The van der Waals surface area contributed by atoms with E-state index in [1.807, 2.05) is 23.3 Å². The van der Waals surface area contributed by atoms with E-state index in [1.165, 1.54) is 19.2 Å². The number of hydrogen-bond donors (Lipinski definition) is 1. The van der Waals surface area contributed by atoms with Gasteiger partial charge in [0, 0.05) is 47.5 Å². The Balaban J connectivity index is 1.53. The van der Waals surface area contributed by atoms with Gasteiger partial charge in [0.1, 0.15) is 5.82 Å². The van der Waals surface area contributed by atoms with Gasteiger partial charge in [0.15, 0.2) is 0 Å². The van der Waals surface area contributed by atoms with Crippen LogP contribution in [0.15, 0.2) is 36.8 Å². The van der Waals surface area contributed by atoms with Gasteiger partial charge in [-0.05, 0) is 31.0 Å². The van der Waals surface area contributed by atoms with Crippen molar-refractivity contribution in [2.24, 2.45) is 0 Å². The molecule has 2 aromatic heterocycles. The van der Waals surface area contributed by atoms with Crippen LogP contribution in [0.2, 0.25) is 0 Å². The molecule has 25 heavy (non-hydrogen) atoms. The number of aromatic nitrogens is 3. The first-order valence-corrected chi connectivity index (χ1v) is 8.30. The minimum atomic E-state index is -0.273. The van der Waals surface area contributed by atoms with E-state index in [4.69, 9.17) is 4.74 Å². The van der Waals surface area contributed by atoms with Crippen LogP contribution < -0.4 is 0 Å². The smallest absolute Gasteiger partial charge is 0.409 e. The number of benzene rings is 1. The number of likely N-dealkylation sites (tertiary alicyclic amines) is 1. The molecule has 7 heteroatoms. The first-order valence-electron chi connectivity index (χ1n) is 8.30. The van der Waals surface area contributed by atoms with E-state index in [9.17, 15) is 9.18 Å². The van der Waals surface area contributed by atoms with Gasteiger partial charge in [0.05, 0.1) is 19.3 Å². The van der Waals surface area contributed by atoms with E-state index in [-0.39, 0.29) is 18.0 Å². The van der Waals surface area contributed by atoms with E-state index in [1.54, 1.807) is 11.0 Å². The van der Waals surface area contributed by atoms with Gasteiger partial charge in [-0.15, -0.1) is 0 Å². The SMILES string of the molecule is COC(=O)N1CCC(n2cc(-c3c[nH]c4cc(F)ccc34)cn2)CC1. The summed E-state index contributed by atoms with van der Waals surface area (Å²) in [5.41, 5.74) is 2.77. The average molecular weight is 342 g/mol. The van der Waals surface area contributed by atoms with Gasteiger partial charge >= 0.3 is 6.09 Å². The lowest BCUT2D eigenvalue weighted by Gasteiger charge is -2.30. The molecule has 1 saturated heterocycles. The quantitative estimate of drug-likeness (QED) is 0.774. The molecular weight excluding hydrogens is 323 g/mol. The summed E-state index contributed by atoms with van der Waals surface area (Å²) in [5, 5.41) is 5.48. The number of rotatable bonds is 2. The normalized spacial score (nSPS) is 15.7. The summed E-state index contributed by atoms with van der Waals surface area (Å²) < 4.78 is 20.1. The summed E-state index contributed by atoms with van der Waals surface area (Å²) in [5.74, 6) is -0.256. The van der Waals surface area contributed by atoms with Gasteiger partial charge in [-0.25, -0.2) is 9.18 Å². The molecule has 0 spiro atoms. The van der Waals surface area contributed by atoms with Crippen LogP contribution in [0.25, 0.3) is 22.0 Å². The van der Waals surface area contributed by atoms with Crippen LogP contribution in [-0.2, 0) is 4.74 Å². The van der Waals surface area contributed by atoms with Crippen molar-refractivity contribution >= 4 is 17.0 Å². The Morgan fingerprint density at radius 2 is 2.16 bits per heavy atom. The van der Waals surface area contributed by atoms with Crippen LogP contribution in [-0.4, -0.2) is 46.0 Å². The highest BCUT2D eigenvalue weighted by Crippen LogP contribution is 2.30. The predicted molar refractivity (Wildman–Crippen MR) is 91.7 cm³/mol. The van der Waals surface area contributed by atoms with E-state index in [0.717, 1.165) is 34.9 Å². The van der Waals surface area contributed by atoms with Crippen molar-refractivity contribution in [2.75, 3.05) is 20.2 Å². The minimum absolute atomic E-state index is 0.256. The van der Waals surface area contributed by atoms with E-state index < -0.39 is 0 Å². The molecule has 0 saturated carbocycles. The molecule has 0 atom stereocenters.